The van der Waals surface area contributed by atoms with E-state index in [9.17, 15) is 19.5 Å². The molecular formula is C28H23ClN2O6S. The number of amides is 2. The van der Waals surface area contributed by atoms with Gasteiger partial charge in [-0.05, 0) is 47.9 Å². The van der Waals surface area contributed by atoms with E-state index in [1.165, 1.54) is 32.0 Å². The Balaban J connectivity index is 1.40. The largest absolute Gasteiger partial charge is 0.495 e. The lowest BCUT2D eigenvalue weighted by Gasteiger charge is -2.13. The van der Waals surface area contributed by atoms with Gasteiger partial charge in [-0.25, -0.2) is 4.79 Å². The zero-order valence-corrected chi connectivity index (χ0v) is 22.0. The van der Waals surface area contributed by atoms with Crippen LogP contribution in [-0.2, 0) is 4.79 Å². The van der Waals surface area contributed by atoms with Crippen LogP contribution >= 0.6 is 23.4 Å². The molecule has 0 atom stereocenters. The molecule has 0 bridgehead atoms. The molecular weight excluding hydrogens is 528 g/mol. The second kappa shape index (κ2) is 11.9. The van der Waals surface area contributed by atoms with E-state index in [0.29, 0.717) is 38.7 Å². The number of ether oxygens (including phenoxy) is 2. The third-order valence-electron chi connectivity index (χ3n) is 5.61. The predicted molar refractivity (Wildman–Crippen MR) is 149 cm³/mol. The smallest absolute Gasteiger partial charge is 0.336 e. The van der Waals surface area contributed by atoms with Gasteiger partial charge in [0, 0.05) is 27.6 Å². The average Bonchev–Trinajstić information content (AvgIpc) is 2.92. The number of benzene rings is 4. The summed E-state index contributed by atoms with van der Waals surface area (Å²) in [5.41, 5.74) is 1.30. The van der Waals surface area contributed by atoms with Crippen LogP contribution in [0.5, 0.6) is 11.5 Å². The van der Waals surface area contributed by atoms with E-state index in [1.807, 2.05) is 0 Å². The third-order valence-corrected chi connectivity index (χ3v) is 6.92. The van der Waals surface area contributed by atoms with E-state index in [-0.39, 0.29) is 22.8 Å². The Bertz CT molecular complexity index is 1520. The molecule has 0 saturated heterocycles. The van der Waals surface area contributed by atoms with E-state index in [2.05, 4.69) is 10.6 Å². The standard InChI is InChI=1S/C28H23ClN2O6S/c1-36-23-14-24(37-2)22(13-21(23)29)31-25(32)15-38-18-11-9-17(10-12-18)30-27(33)19-7-3-5-16-6-4-8-20(26(16)19)28(34)35/h3-14H,15H2,1-2H3,(H,30,33)(H,31,32)(H,34,35). The maximum Gasteiger partial charge on any atom is 0.336 e. The summed E-state index contributed by atoms with van der Waals surface area (Å²) in [5.74, 6) is -0.785. The van der Waals surface area contributed by atoms with Crippen LogP contribution in [0.1, 0.15) is 20.7 Å². The van der Waals surface area contributed by atoms with Crippen LogP contribution in [0.4, 0.5) is 11.4 Å². The van der Waals surface area contributed by atoms with Crippen molar-refractivity contribution in [2.24, 2.45) is 0 Å². The van der Waals surface area contributed by atoms with Crippen molar-refractivity contribution >= 4 is 63.3 Å². The van der Waals surface area contributed by atoms with Gasteiger partial charge in [0.25, 0.3) is 5.91 Å². The molecule has 0 unspecified atom stereocenters. The number of anilines is 2. The molecule has 0 heterocycles. The molecule has 4 rings (SSSR count). The van der Waals surface area contributed by atoms with Crippen LogP contribution in [0.3, 0.4) is 0 Å². The van der Waals surface area contributed by atoms with Gasteiger partial charge in [0.15, 0.2) is 0 Å². The van der Waals surface area contributed by atoms with Crippen molar-refractivity contribution in [3.05, 3.63) is 88.9 Å². The number of carboxylic acid groups (broad SMARTS) is 1. The summed E-state index contributed by atoms with van der Waals surface area (Å²) in [6.45, 7) is 0. The highest BCUT2D eigenvalue weighted by Gasteiger charge is 2.17. The first-order valence-corrected chi connectivity index (χ1v) is 12.7. The number of fused-ring (bicyclic) bond motifs is 1. The van der Waals surface area contributed by atoms with Gasteiger partial charge >= 0.3 is 5.97 Å². The van der Waals surface area contributed by atoms with E-state index in [1.54, 1.807) is 66.7 Å². The summed E-state index contributed by atoms with van der Waals surface area (Å²) in [7, 11) is 2.98. The summed E-state index contributed by atoms with van der Waals surface area (Å²) in [5, 5.41) is 16.5. The van der Waals surface area contributed by atoms with E-state index >= 15 is 0 Å². The molecule has 0 radical (unpaired) electrons. The minimum absolute atomic E-state index is 0.0628. The minimum Gasteiger partial charge on any atom is -0.495 e. The molecule has 8 nitrogen and oxygen atoms in total. The fraction of sp³-hybridized carbons (Fsp3) is 0.107. The fourth-order valence-corrected chi connectivity index (χ4v) is 4.77. The Kier molecular flexibility index (Phi) is 8.40. The molecule has 0 saturated carbocycles. The topological polar surface area (TPSA) is 114 Å². The molecule has 0 aliphatic heterocycles. The lowest BCUT2D eigenvalue weighted by atomic mass is 9.98. The summed E-state index contributed by atoms with van der Waals surface area (Å²) >= 11 is 7.48. The van der Waals surface area contributed by atoms with Crippen molar-refractivity contribution in [3.63, 3.8) is 0 Å². The number of hydrogen-bond donors (Lipinski definition) is 3. The zero-order chi connectivity index (χ0) is 27.2. The number of carbonyl (C=O) groups excluding carboxylic acids is 2. The van der Waals surface area contributed by atoms with Crippen molar-refractivity contribution in [3.8, 4) is 11.5 Å². The molecule has 4 aromatic rings. The molecule has 0 aliphatic carbocycles. The van der Waals surface area contributed by atoms with Gasteiger partial charge in [0.1, 0.15) is 11.5 Å². The number of carbonyl (C=O) groups is 3. The number of nitrogens with one attached hydrogen (secondary N) is 2. The van der Waals surface area contributed by atoms with Crippen molar-refractivity contribution in [1.82, 2.24) is 0 Å². The van der Waals surface area contributed by atoms with Gasteiger partial charge < -0.3 is 25.2 Å². The van der Waals surface area contributed by atoms with Gasteiger partial charge in [-0.3, -0.25) is 9.59 Å². The first kappa shape index (κ1) is 26.8. The van der Waals surface area contributed by atoms with E-state index in [0.717, 1.165) is 4.90 Å². The quantitative estimate of drug-likeness (QED) is 0.213. The van der Waals surface area contributed by atoms with Crippen LogP contribution in [0.25, 0.3) is 10.8 Å². The van der Waals surface area contributed by atoms with Gasteiger partial charge in [-0.1, -0.05) is 35.9 Å². The molecule has 0 aromatic heterocycles. The second-order valence-electron chi connectivity index (χ2n) is 8.02. The molecule has 3 N–H and O–H groups in total. The summed E-state index contributed by atoms with van der Waals surface area (Å²) < 4.78 is 10.5. The molecule has 0 aliphatic rings. The van der Waals surface area contributed by atoms with E-state index in [4.69, 9.17) is 21.1 Å². The number of thioether (sulfide) groups is 1. The SMILES string of the molecule is COc1cc(OC)c(NC(=O)CSc2ccc(NC(=O)c3cccc4cccc(C(=O)O)c34)cc2)cc1Cl. The van der Waals surface area contributed by atoms with Crippen LogP contribution in [0.15, 0.2) is 77.7 Å². The maximum absolute atomic E-state index is 13.0. The lowest BCUT2D eigenvalue weighted by Crippen LogP contribution is -2.15. The molecule has 4 aromatic carbocycles. The molecule has 2 amide bonds. The molecule has 0 spiro atoms. The Morgan fingerprint density at radius 3 is 2.16 bits per heavy atom. The maximum atomic E-state index is 13.0. The minimum atomic E-state index is -1.10. The first-order chi connectivity index (χ1) is 18.3. The number of carboxylic acids is 1. The van der Waals surface area contributed by atoms with E-state index < -0.39 is 11.9 Å². The number of halogens is 1. The summed E-state index contributed by atoms with van der Waals surface area (Å²) in [6.07, 6.45) is 0. The highest BCUT2D eigenvalue weighted by molar-refractivity contribution is 8.00. The summed E-state index contributed by atoms with van der Waals surface area (Å²) in [6, 6.07) is 20.1. The average molecular weight is 551 g/mol. The molecule has 194 valence electrons. The van der Waals surface area contributed by atoms with Crippen LogP contribution < -0.4 is 20.1 Å². The highest BCUT2D eigenvalue weighted by Crippen LogP contribution is 2.36. The van der Waals surface area contributed by atoms with Crippen molar-refractivity contribution in [2.45, 2.75) is 4.90 Å². The van der Waals surface area contributed by atoms with Crippen LogP contribution in [-0.4, -0.2) is 42.9 Å². The summed E-state index contributed by atoms with van der Waals surface area (Å²) in [4.78, 5) is 38.0. The van der Waals surface area contributed by atoms with Gasteiger partial charge in [-0.2, -0.15) is 0 Å². The van der Waals surface area contributed by atoms with Gasteiger partial charge in [0.05, 0.1) is 36.2 Å². The normalized spacial score (nSPS) is 10.6. The number of hydrogen-bond acceptors (Lipinski definition) is 6. The number of methoxy groups -OCH3 is 2. The van der Waals surface area contributed by atoms with Crippen LogP contribution in [0.2, 0.25) is 5.02 Å². The lowest BCUT2D eigenvalue weighted by molar-refractivity contribution is -0.113. The van der Waals surface area contributed by atoms with Crippen molar-refractivity contribution in [1.29, 1.82) is 0 Å². The molecule has 0 fully saturated rings. The zero-order valence-electron chi connectivity index (χ0n) is 20.4. The monoisotopic (exact) mass is 550 g/mol. The molecule has 38 heavy (non-hydrogen) atoms. The van der Waals surface area contributed by atoms with Gasteiger partial charge in [0.2, 0.25) is 5.91 Å². The predicted octanol–water partition coefficient (Wildman–Crippen LogP) is 6.19. The Morgan fingerprint density at radius 1 is 0.868 bits per heavy atom. The Hall–Kier alpha value is -4.21. The van der Waals surface area contributed by atoms with Gasteiger partial charge in [-0.15, -0.1) is 11.8 Å². The third kappa shape index (κ3) is 6.01. The fourth-order valence-electron chi connectivity index (χ4n) is 3.83. The number of rotatable bonds is 9. The Labute approximate surface area is 227 Å². The second-order valence-corrected chi connectivity index (χ2v) is 9.47. The van der Waals surface area contributed by atoms with Crippen molar-refractivity contribution < 1.29 is 29.0 Å². The highest BCUT2D eigenvalue weighted by atomic mass is 35.5. The van der Waals surface area contributed by atoms with Crippen LogP contribution in [0, 0.1) is 0 Å². The first-order valence-electron chi connectivity index (χ1n) is 11.3. The van der Waals surface area contributed by atoms with Crippen molar-refractivity contribution in [2.75, 3.05) is 30.6 Å². The number of aromatic carboxylic acids is 1. The Morgan fingerprint density at radius 2 is 1.53 bits per heavy atom. The molecule has 10 heteroatoms.